The highest BCUT2D eigenvalue weighted by Gasteiger charge is 2.28. The molecular weight excluding hydrogens is 476 g/mol. The summed E-state index contributed by atoms with van der Waals surface area (Å²) in [6, 6.07) is 13.0. The molecule has 4 aromatic rings. The molecule has 0 aliphatic carbocycles. The molecule has 1 saturated heterocycles. The number of benzene rings is 1. The second kappa shape index (κ2) is 11.0. The molecule has 1 aliphatic rings. The summed E-state index contributed by atoms with van der Waals surface area (Å²) in [7, 11) is 0. The molecule has 3 aromatic heterocycles. The van der Waals surface area contributed by atoms with E-state index in [0.29, 0.717) is 24.5 Å². The number of fused-ring (bicyclic) bond motifs is 1. The average Bonchev–Trinajstić information content (AvgIpc) is 3.55. The SMILES string of the molecule is CC(C)(C)c1cnc(C(=O)NC2CCCN(C(=O)c3cccn4cncc34)C2)[nH]1.Clc1ccccc1. The maximum absolute atomic E-state index is 13.1. The lowest BCUT2D eigenvalue weighted by Crippen LogP contribution is -2.49. The normalized spacial score (nSPS) is 15.8. The van der Waals surface area contributed by atoms with Crippen molar-refractivity contribution in [2.24, 2.45) is 0 Å². The molecule has 0 spiro atoms. The Bertz CT molecular complexity index is 1320. The van der Waals surface area contributed by atoms with Crippen molar-refractivity contribution in [1.82, 2.24) is 29.6 Å². The van der Waals surface area contributed by atoms with Gasteiger partial charge in [-0.2, -0.15) is 0 Å². The largest absolute Gasteiger partial charge is 0.345 e. The number of likely N-dealkylation sites (tertiary alicyclic amines) is 1. The molecule has 4 heterocycles. The molecule has 9 heteroatoms. The second-order valence-electron chi connectivity index (χ2n) is 9.86. The Morgan fingerprint density at radius 2 is 1.89 bits per heavy atom. The van der Waals surface area contributed by atoms with Crippen LogP contribution in [-0.2, 0) is 5.41 Å². The van der Waals surface area contributed by atoms with E-state index in [-0.39, 0.29) is 23.3 Å². The number of amides is 2. The van der Waals surface area contributed by atoms with E-state index in [2.05, 4.69) is 41.0 Å². The van der Waals surface area contributed by atoms with Crippen LogP contribution < -0.4 is 5.32 Å². The number of nitrogens with one attached hydrogen (secondary N) is 2. The van der Waals surface area contributed by atoms with Crippen molar-refractivity contribution in [3.63, 3.8) is 0 Å². The van der Waals surface area contributed by atoms with Gasteiger partial charge in [0.2, 0.25) is 0 Å². The zero-order chi connectivity index (χ0) is 25.7. The number of aromatic amines is 1. The third-order valence-electron chi connectivity index (χ3n) is 6.06. The van der Waals surface area contributed by atoms with Gasteiger partial charge in [0.15, 0.2) is 5.82 Å². The predicted octanol–water partition coefficient (Wildman–Crippen LogP) is 4.73. The molecule has 2 N–H and O–H groups in total. The number of piperidine rings is 1. The number of pyridine rings is 1. The van der Waals surface area contributed by atoms with Crippen LogP contribution in [0, 0.1) is 0 Å². The van der Waals surface area contributed by atoms with Crippen LogP contribution in [0.25, 0.3) is 5.52 Å². The standard InChI is InChI=1S/C21H26N6O2.C6H5Cl/c1-21(2,3)17-11-23-18(25-17)19(28)24-14-6-4-8-26(12-14)20(29)15-7-5-9-27-13-22-10-16(15)27;7-6-4-2-1-3-5-6/h5,7,9-11,13-14H,4,6,8,12H2,1-3H3,(H,23,25)(H,24,28);1-5H. The van der Waals surface area contributed by atoms with Crippen molar-refractivity contribution in [2.75, 3.05) is 13.1 Å². The highest BCUT2D eigenvalue weighted by atomic mass is 35.5. The second-order valence-corrected chi connectivity index (χ2v) is 10.3. The third kappa shape index (κ3) is 6.12. The van der Waals surface area contributed by atoms with Crippen LogP contribution in [-0.4, -0.2) is 55.2 Å². The van der Waals surface area contributed by atoms with Crippen LogP contribution in [0.3, 0.4) is 0 Å². The predicted molar refractivity (Wildman–Crippen MR) is 140 cm³/mol. The molecule has 0 bridgehead atoms. The summed E-state index contributed by atoms with van der Waals surface area (Å²) >= 11 is 5.54. The van der Waals surface area contributed by atoms with Gasteiger partial charge in [0.05, 0.1) is 23.6 Å². The van der Waals surface area contributed by atoms with E-state index in [1.165, 1.54) is 0 Å². The highest BCUT2D eigenvalue weighted by molar-refractivity contribution is 6.30. The Morgan fingerprint density at radius 1 is 1.11 bits per heavy atom. The van der Waals surface area contributed by atoms with Crippen LogP contribution in [0.5, 0.6) is 0 Å². The number of hydrogen-bond acceptors (Lipinski definition) is 4. The fourth-order valence-electron chi connectivity index (χ4n) is 4.07. The average molecular weight is 507 g/mol. The fraction of sp³-hybridized carbons (Fsp3) is 0.333. The molecule has 1 atom stereocenters. The Kier molecular flexibility index (Phi) is 7.74. The summed E-state index contributed by atoms with van der Waals surface area (Å²) in [6.07, 6.45) is 8.62. The first-order chi connectivity index (χ1) is 17.2. The van der Waals surface area contributed by atoms with Crippen molar-refractivity contribution in [3.8, 4) is 0 Å². The van der Waals surface area contributed by atoms with Gasteiger partial charge < -0.3 is 19.6 Å². The van der Waals surface area contributed by atoms with Gasteiger partial charge in [-0.25, -0.2) is 9.97 Å². The molecule has 2 amide bonds. The van der Waals surface area contributed by atoms with Crippen molar-refractivity contribution in [2.45, 2.75) is 45.1 Å². The van der Waals surface area contributed by atoms with Gasteiger partial charge in [-0.3, -0.25) is 9.59 Å². The molecule has 1 unspecified atom stereocenters. The summed E-state index contributed by atoms with van der Waals surface area (Å²) in [5, 5.41) is 3.82. The zero-order valence-electron chi connectivity index (χ0n) is 20.7. The summed E-state index contributed by atoms with van der Waals surface area (Å²) in [5.74, 6) is 0.0307. The van der Waals surface area contributed by atoms with Gasteiger partial charge in [0, 0.05) is 47.7 Å². The van der Waals surface area contributed by atoms with E-state index < -0.39 is 0 Å². The van der Waals surface area contributed by atoms with E-state index >= 15 is 0 Å². The number of carbonyl (C=O) groups excluding carboxylic acids is 2. The lowest BCUT2D eigenvalue weighted by atomic mass is 9.93. The van der Waals surface area contributed by atoms with Gasteiger partial charge in [-0.05, 0) is 37.1 Å². The molecule has 1 aromatic carbocycles. The lowest BCUT2D eigenvalue weighted by molar-refractivity contribution is 0.0676. The van der Waals surface area contributed by atoms with E-state index in [4.69, 9.17) is 11.6 Å². The molecule has 5 rings (SSSR count). The van der Waals surface area contributed by atoms with Crippen molar-refractivity contribution >= 4 is 28.9 Å². The number of H-pyrrole nitrogens is 1. The van der Waals surface area contributed by atoms with Gasteiger partial charge in [0.25, 0.3) is 11.8 Å². The number of imidazole rings is 2. The number of rotatable bonds is 3. The van der Waals surface area contributed by atoms with Crippen LogP contribution in [0.2, 0.25) is 5.02 Å². The van der Waals surface area contributed by atoms with E-state index in [1.54, 1.807) is 23.6 Å². The Morgan fingerprint density at radius 3 is 2.56 bits per heavy atom. The molecule has 1 fully saturated rings. The Labute approximate surface area is 215 Å². The molecule has 0 radical (unpaired) electrons. The quantitative estimate of drug-likeness (QED) is 0.420. The number of nitrogens with zero attached hydrogens (tertiary/aromatic N) is 4. The Balaban J connectivity index is 0.000000375. The first-order valence-electron chi connectivity index (χ1n) is 12.0. The monoisotopic (exact) mass is 506 g/mol. The van der Waals surface area contributed by atoms with Gasteiger partial charge >= 0.3 is 0 Å². The maximum atomic E-state index is 13.1. The van der Waals surface area contributed by atoms with E-state index in [9.17, 15) is 9.59 Å². The summed E-state index contributed by atoms with van der Waals surface area (Å²) < 4.78 is 1.83. The van der Waals surface area contributed by atoms with Gasteiger partial charge in [-0.15, -0.1) is 0 Å². The number of carbonyl (C=O) groups is 2. The van der Waals surface area contributed by atoms with E-state index in [0.717, 1.165) is 29.1 Å². The van der Waals surface area contributed by atoms with Crippen LogP contribution in [0.4, 0.5) is 0 Å². The molecule has 8 nitrogen and oxygen atoms in total. The number of aromatic nitrogens is 4. The zero-order valence-corrected chi connectivity index (χ0v) is 21.5. The van der Waals surface area contributed by atoms with Crippen LogP contribution in [0.15, 0.2) is 67.4 Å². The number of hydrogen-bond donors (Lipinski definition) is 2. The van der Waals surface area contributed by atoms with Crippen molar-refractivity contribution in [1.29, 1.82) is 0 Å². The van der Waals surface area contributed by atoms with Gasteiger partial charge in [0.1, 0.15) is 0 Å². The topological polar surface area (TPSA) is 95.4 Å². The van der Waals surface area contributed by atoms with E-state index in [1.807, 2.05) is 53.1 Å². The molecule has 0 saturated carbocycles. The van der Waals surface area contributed by atoms with Crippen LogP contribution in [0.1, 0.15) is 60.3 Å². The molecule has 188 valence electrons. The summed E-state index contributed by atoms with van der Waals surface area (Å²) in [5.41, 5.74) is 2.22. The fourth-order valence-corrected chi connectivity index (χ4v) is 4.21. The van der Waals surface area contributed by atoms with Gasteiger partial charge in [-0.1, -0.05) is 50.6 Å². The third-order valence-corrected chi connectivity index (χ3v) is 6.31. The minimum atomic E-state index is -0.238. The van der Waals surface area contributed by atoms with Crippen molar-refractivity contribution < 1.29 is 9.59 Å². The molecule has 1 aliphatic heterocycles. The first kappa shape index (κ1) is 25.4. The highest BCUT2D eigenvalue weighted by Crippen LogP contribution is 2.20. The molecular formula is C27H31ClN6O2. The smallest absolute Gasteiger partial charge is 0.287 e. The summed E-state index contributed by atoms with van der Waals surface area (Å²) in [6.45, 7) is 7.34. The lowest BCUT2D eigenvalue weighted by Gasteiger charge is -2.33. The number of halogens is 1. The van der Waals surface area contributed by atoms with Crippen molar-refractivity contribution in [3.05, 3.63) is 89.5 Å². The minimum Gasteiger partial charge on any atom is -0.345 e. The summed E-state index contributed by atoms with van der Waals surface area (Å²) in [4.78, 5) is 39.0. The minimum absolute atomic E-state index is 0.0388. The first-order valence-corrected chi connectivity index (χ1v) is 12.4. The molecule has 36 heavy (non-hydrogen) atoms. The maximum Gasteiger partial charge on any atom is 0.287 e. The van der Waals surface area contributed by atoms with Crippen LogP contribution >= 0.6 is 11.6 Å². The Hall–Kier alpha value is -3.65.